The number of pyridine rings is 1. The van der Waals surface area contributed by atoms with Gasteiger partial charge in [0.15, 0.2) is 12.1 Å². The van der Waals surface area contributed by atoms with Gasteiger partial charge in [-0.2, -0.15) is 13.2 Å². The number of fused-ring (bicyclic) bond motifs is 1. The molecule has 1 aromatic carbocycles. The van der Waals surface area contributed by atoms with Crippen LogP contribution in [-0.4, -0.2) is 45.5 Å². The van der Waals surface area contributed by atoms with E-state index in [9.17, 15) is 22.8 Å². The van der Waals surface area contributed by atoms with E-state index in [-0.39, 0.29) is 35.9 Å². The van der Waals surface area contributed by atoms with Gasteiger partial charge >= 0.3 is 6.18 Å². The molecule has 220 valence electrons. The second kappa shape index (κ2) is 10.3. The van der Waals surface area contributed by atoms with E-state index in [0.717, 1.165) is 0 Å². The van der Waals surface area contributed by atoms with Gasteiger partial charge in [0.25, 0.3) is 0 Å². The Hall–Kier alpha value is -3.63. The SMILES string of the molecule is CCC1(CC)CC(=O)N([C@H](c2cccnc2)C2[C@H](C(=O)N[C@H]3CC(C(F)(F)F)Oc4ccccc43)C2(C)C)C(N)=N1. The van der Waals surface area contributed by atoms with E-state index in [4.69, 9.17) is 15.5 Å². The number of benzene rings is 1. The molecule has 3 N–H and O–H groups in total. The average Bonchev–Trinajstić information content (AvgIpc) is 3.51. The van der Waals surface area contributed by atoms with Crippen molar-refractivity contribution in [3.05, 3.63) is 59.9 Å². The third-order valence-corrected chi connectivity index (χ3v) is 9.20. The molecule has 2 aromatic rings. The van der Waals surface area contributed by atoms with Crippen LogP contribution in [0.15, 0.2) is 53.8 Å². The molecule has 0 spiro atoms. The lowest BCUT2D eigenvalue weighted by atomic mass is 9.86. The molecular weight excluding hydrogens is 535 g/mol. The number of alkyl halides is 3. The van der Waals surface area contributed by atoms with Gasteiger partial charge in [-0.1, -0.05) is 52.0 Å². The Bertz CT molecular complexity index is 1340. The van der Waals surface area contributed by atoms with Crippen LogP contribution in [0.1, 0.15) is 76.6 Å². The minimum atomic E-state index is -4.58. The predicted octanol–water partition coefficient (Wildman–Crippen LogP) is 5.07. The highest BCUT2D eigenvalue weighted by molar-refractivity contribution is 6.00. The largest absolute Gasteiger partial charge is 0.480 e. The summed E-state index contributed by atoms with van der Waals surface area (Å²) < 4.78 is 46.3. The molecule has 0 saturated heterocycles. The minimum Gasteiger partial charge on any atom is -0.480 e. The number of amides is 2. The molecule has 5 rings (SSSR count). The molecular formula is C30H36F3N5O3. The van der Waals surface area contributed by atoms with Crippen LogP contribution >= 0.6 is 0 Å². The minimum absolute atomic E-state index is 0.101. The molecule has 41 heavy (non-hydrogen) atoms. The van der Waals surface area contributed by atoms with E-state index in [1.807, 2.05) is 33.8 Å². The zero-order valence-electron chi connectivity index (χ0n) is 23.6. The van der Waals surface area contributed by atoms with Crippen molar-refractivity contribution < 1.29 is 27.5 Å². The summed E-state index contributed by atoms with van der Waals surface area (Å²) in [5.74, 6) is -1.34. The molecule has 1 aliphatic carbocycles. The molecule has 2 aliphatic heterocycles. The fraction of sp³-hybridized carbons (Fsp3) is 0.533. The first-order valence-corrected chi connectivity index (χ1v) is 14.0. The summed E-state index contributed by atoms with van der Waals surface area (Å²) in [5, 5.41) is 2.89. The van der Waals surface area contributed by atoms with Crippen LogP contribution < -0.4 is 15.8 Å². The van der Waals surface area contributed by atoms with E-state index in [2.05, 4.69) is 10.3 Å². The number of nitrogens with one attached hydrogen (secondary N) is 1. The van der Waals surface area contributed by atoms with Crippen LogP contribution in [0.3, 0.4) is 0 Å². The lowest BCUT2D eigenvalue weighted by Crippen LogP contribution is -2.53. The van der Waals surface area contributed by atoms with Gasteiger partial charge in [0, 0.05) is 36.2 Å². The van der Waals surface area contributed by atoms with Crippen molar-refractivity contribution >= 4 is 17.8 Å². The zero-order chi connectivity index (χ0) is 29.7. The third-order valence-electron chi connectivity index (χ3n) is 9.20. The maximum absolute atomic E-state index is 13.8. The molecule has 11 heteroatoms. The van der Waals surface area contributed by atoms with Crippen molar-refractivity contribution in [2.24, 2.45) is 28.0 Å². The van der Waals surface area contributed by atoms with Crippen LogP contribution in [0.25, 0.3) is 0 Å². The monoisotopic (exact) mass is 571 g/mol. The van der Waals surface area contributed by atoms with E-state index >= 15 is 0 Å². The number of nitrogens with two attached hydrogens (primary N) is 1. The molecule has 8 nitrogen and oxygen atoms in total. The summed E-state index contributed by atoms with van der Waals surface area (Å²) in [7, 11) is 0. The number of carbonyl (C=O) groups is 2. The molecule has 1 saturated carbocycles. The quantitative estimate of drug-likeness (QED) is 0.482. The summed E-state index contributed by atoms with van der Waals surface area (Å²) in [6.07, 6.45) is -2.26. The topological polar surface area (TPSA) is 110 Å². The number of hydrogen-bond acceptors (Lipinski definition) is 6. The van der Waals surface area contributed by atoms with Crippen molar-refractivity contribution in [2.75, 3.05) is 0 Å². The fourth-order valence-corrected chi connectivity index (χ4v) is 6.64. The Morgan fingerprint density at radius 2 is 1.90 bits per heavy atom. The molecule has 1 fully saturated rings. The second-order valence-electron chi connectivity index (χ2n) is 11.9. The maximum Gasteiger partial charge on any atom is 0.425 e. The number of guanidine groups is 1. The molecule has 5 atom stereocenters. The molecule has 0 bridgehead atoms. The number of ether oxygens (including phenoxy) is 1. The molecule has 1 aromatic heterocycles. The first-order chi connectivity index (χ1) is 19.3. The van der Waals surface area contributed by atoms with E-state index in [1.165, 1.54) is 11.0 Å². The lowest BCUT2D eigenvalue weighted by molar-refractivity contribution is -0.201. The highest BCUT2D eigenvalue weighted by atomic mass is 19.4. The van der Waals surface area contributed by atoms with E-state index < -0.39 is 47.7 Å². The van der Waals surface area contributed by atoms with Crippen molar-refractivity contribution in [3.8, 4) is 5.75 Å². The highest BCUT2D eigenvalue weighted by Crippen LogP contribution is 2.65. The Morgan fingerprint density at radius 1 is 1.20 bits per heavy atom. The smallest absolute Gasteiger partial charge is 0.425 e. The number of rotatable bonds is 7. The van der Waals surface area contributed by atoms with Gasteiger partial charge in [-0.05, 0) is 36.0 Å². The molecule has 2 amide bonds. The summed E-state index contributed by atoms with van der Waals surface area (Å²) >= 11 is 0. The number of aromatic nitrogens is 1. The number of carbonyl (C=O) groups excluding carboxylic acids is 2. The van der Waals surface area contributed by atoms with Crippen molar-refractivity contribution in [1.29, 1.82) is 0 Å². The second-order valence-corrected chi connectivity index (χ2v) is 11.9. The Balaban J connectivity index is 1.47. The number of aliphatic imine (C=N–C) groups is 1. The summed E-state index contributed by atoms with van der Waals surface area (Å²) in [4.78, 5) is 38.0. The predicted molar refractivity (Wildman–Crippen MR) is 147 cm³/mol. The van der Waals surface area contributed by atoms with Crippen molar-refractivity contribution in [2.45, 2.75) is 83.3 Å². The first kappa shape index (κ1) is 28.9. The Morgan fingerprint density at radius 3 is 2.51 bits per heavy atom. The van der Waals surface area contributed by atoms with Gasteiger partial charge < -0.3 is 15.8 Å². The first-order valence-electron chi connectivity index (χ1n) is 14.0. The van der Waals surface area contributed by atoms with Crippen LogP contribution in [-0.2, 0) is 9.59 Å². The summed E-state index contributed by atoms with van der Waals surface area (Å²) in [5.41, 5.74) is 6.53. The van der Waals surface area contributed by atoms with Crippen LogP contribution in [0, 0.1) is 17.3 Å². The van der Waals surface area contributed by atoms with Gasteiger partial charge in [0.05, 0.1) is 24.0 Å². The van der Waals surface area contributed by atoms with Gasteiger partial charge in [-0.3, -0.25) is 19.5 Å². The van der Waals surface area contributed by atoms with Crippen LogP contribution in [0.5, 0.6) is 5.75 Å². The van der Waals surface area contributed by atoms with Crippen LogP contribution in [0.4, 0.5) is 13.2 Å². The Kier molecular flexibility index (Phi) is 7.28. The number of halogens is 3. The van der Waals surface area contributed by atoms with Gasteiger partial charge in [-0.25, -0.2) is 4.99 Å². The van der Waals surface area contributed by atoms with Gasteiger partial charge in [-0.15, -0.1) is 0 Å². The fourth-order valence-electron chi connectivity index (χ4n) is 6.64. The van der Waals surface area contributed by atoms with Crippen molar-refractivity contribution in [3.63, 3.8) is 0 Å². The summed E-state index contributed by atoms with van der Waals surface area (Å²) in [6.45, 7) is 7.80. The lowest BCUT2D eigenvalue weighted by Gasteiger charge is -2.40. The molecule has 3 heterocycles. The molecule has 3 aliphatic rings. The standard InChI is InChI=1S/C30H36F3N5O3/c1-5-29(6-2)15-22(39)38(27(34)37-29)25(17-10-9-13-35-16-17)23-24(28(23,3)4)26(40)36-19-14-21(30(31,32)33)41-20-12-8-7-11-18(19)20/h7-13,16,19,21,23-25H,5-6,14-15H2,1-4H3,(H2,34,37)(H,36,40)/t19-,21?,23?,24+,25+/m0/s1. The normalized spacial score (nSPS) is 27.2. The maximum atomic E-state index is 13.8. The number of hydrogen-bond donors (Lipinski definition) is 2. The van der Waals surface area contributed by atoms with E-state index in [1.54, 1.807) is 36.7 Å². The van der Waals surface area contributed by atoms with E-state index in [0.29, 0.717) is 24.0 Å². The number of para-hydroxylation sites is 1. The summed E-state index contributed by atoms with van der Waals surface area (Å²) in [6, 6.07) is 8.53. The average molecular weight is 572 g/mol. The van der Waals surface area contributed by atoms with Crippen LogP contribution in [0.2, 0.25) is 0 Å². The molecule has 0 radical (unpaired) electrons. The molecule has 2 unspecified atom stereocenters. The van der Waals surface area contributed by atoms with Gasteiger partial charge in [0.2, 0.25) is 11.8 Å². The van der Waals surface area contributed by atoms with Gasteiger partial charge in [0.1, 0.15) is 5.75 Å². The van der Waals surface area contributed by atoms with Crippen molar-refractivity contribution in [1.82, 2.24) is 15.2 Å². The Labute approximate surface area is 237 Å². The third kappa shape index (κ3) is 5.15. The highest BCUT2D eigenvalue weighted by Gasteiger charge is 2.67. The zero-order valence-corrected chi connectivity index (χ0v) is 23.6. The number of nitrogens with zero attached hydrogens (tertiary/aromatic N) is 3.